The van der Waals surface area contributed by atoms with Crippen LogP contribution in [-0.2, 0) is 4.79 Å². The normalized spacial score (nSPS) is 10.5. The minimum atomic E-state index is 0.0335. The second-order valence-corrected chi connectivity index (χ2v) is 7.10. The molecule has 0 unspecified atom stereocenters. The number of unbranched alkanes of at least 4 members (excludes halogenated alkanes) is 1. The van der Waals surface area contributed by atoms with Crippen LogP contribution in [0.4, 0.5) is 5.69 Å². The van der Waals surface area contributed by atoms with Crippen molar-refractivity contribution in [3.8, 4) is 33.5 Å². The van der Waals surface area contributed by atoms with Crippen LogP contribution in [0.5, 0.6) is 11.5 Å². The maximum absolute atomic E-state index is 11.9. The Hall–Kier alpha value is -2.93. The molecule has 0 aliphatic heterocycles. The summed E-state index contributed by atoms with van der Waals surface area (Å²) in [5.74, 6) is 1.97. The SMILES string of the molecule is CCCCC(=O)Nc1csc(-c2nccc(-c3ccc(OC)c(OC)c3)n2)c1. The van der Waals surface area contributed by atoms with E-state index in [1.165, 1.54) is 11.3 Å². The van der Waals surface area contributed by atoms with Gasteiger partial charge in [-0.3, -0.25) is 4.79 Å². The quantitative estimate of drug-likeness (QED) is 0.578. The predicted octanol–water partition coefficient (Wildman–Crippen LogP) is 5.02. The Labute approximate surface area is 168 Å². The highest BCUT2D eigenvalue weighted by atomic mass is 32.1. The number of benzene rings is 1. The van der Waals surface area contributed by atoms with E-state index in [1.807, 2.05) is 35.7 Å². The van der Waals surface area contributed by atoms with Crippen LogP contribution in [0.15, 0.2) is 41.9 Å². The summed E-state index contributed by atoms with van der Waals surface area (Å²) >= 11 is 1.50. The summed E-state index contributed by atoms with van der Waals surface area (Å²) < 4.78 is 10.7. The second-order valence-electron chi connectivity index (χ2n) is 6.19. The fourth-order valence-electron chi connectivity index (χ4n) is 2.71. The Balaban J connectivity index is 1.81. The molecule has 6 nitrogen and oxygen atoms in total. The Morgan fingerprint density at radius 2 is 1.96 bits per heavy atom. The summed E-state index contributed by atoms with van der Waals surface area (Å²) in [7, 11) is 3.21. The number of amides is 1. The molecule has 7 heteroatoms. The molecule has 0 aliphatic carbocycles. The third-order valence-corrected chi connectivity index (χ3v) is 5.12. The molecular formula is C21H23N3O3S. The first kappa shape index (κ1) is 19.8. The zero-order valence-electron chi connectivity index (χ0n) is 16.2. The first-order chi connectivity index (χ1) is 13.6. The zero-order chi connectivity index (χ0) is 19.9. The number of carbonyl (C=O) groups is 1. The fraction of sp³-hybridized carbons (Fsp3) is 0.286. The molecule has 3 rings (SSSR count). The average molecular weight is 398 g/mol. The maximum atomic E-state index is 11.9. The molecule has 0 bridgehead atoms. The molecule has 0 saturated carbocycles. The number of thiophene rings is 1. The van der Waals surface area contributed by atoms with Gasteiger partial charge in [0.25, 0.3) is 0 Å². The molecule has 146 valence electrons. The van der Waals surface area contributed by atoms with Gasteiger partial charge in [-0.1, -0.05) is 13.3 Å². The number of hydrogen-bond acceptors (Lipinski definition) is 6. The number of anilines is 1. The van der Waals surface area contributed by atoms with Gasteiger partial charge in [0.2, 0.25) is 5.91 Å². The van der Waals surface area contributed by atoms with E-state index in [0.717, 1.165) is 34.7 Å². The van der Waals surface area contributed by atoms with Gasteiger partial charge in [-0.25, -0.2) is 9.97 Å². The number of hydrogen-bond donors (Lipinski definition) is 1. The predicted molar refractivity (Wildman–Crippen MR) is 112 cm³/mol. The van der Waals surface area contributed by atoms with E-state index in [4.69, 9.17) is 9.47 Å². The molecule has 3 aromatic rings. The van der Waals surface area contributed by atoms with Gasteiger partial charge in [-0.15, -0.1) is 11.3 Å². The molecule has 0 aliphatic rings. The molecule has 0 radical (unpaired) electrons. The van der Waals surface area contributed by atoms with Crippen LogP contribution >= 0.6 is 11.3 Å². The summed E-state index contributed by atoms with van der Waals surface area (Å²) in [4.78, 5) is 21.9. The molecular weight excluding hydrogens is 374 g/mol. The largest absolute Gasteiger partial charge is 0.493 e. The minimum absolute atomic E-state index is 0.0335. The van der Waals surface area contributed by atoms with Crippen LogP contribution in [0.25, 0.3) is 22.0 Å². The molecule has 1 aromatic carbocycles. The molecule has 1 amide bonds. The lowest BCUT2D eigenvalue weighted by Gasteiger charge is -2.09. The van der Waals surface area contributed by atoms with Crippen molar-refractivity contribution in [2.45, 2.75) is 26.2 Å². The summed E-state index contributed by atoms with van der Waals surface area (Å²) in [5, 5.41) is 4.83. The van der Waals surface area contributed by atoms with Gasteiger partial charge in [0, 0.05) is 23.6 Å². The van der Waals surface area contributed by atoms with Gasteiger partial charge >= 0.3 is 0 Å². The Morgan fingerprint density at radius 1 is 1.14 bits per heavy atom. The van der Waals surface area contributed by atoms with Crippen molar-refractivity contribution < 1.29 is 14.3 Å². The third kappa shape index (κ3) is 4.67. The topological polar surface area (TPSA) is 73.3 Å². The lowest BCUT2D eigenvalue weighted by molar-refractivity contribution is -0.116. The maximum Gasteiger partial charge on any atom is 0.224 e. The first-order valence-electron chi connectivity index (χ1n) is 9.08. The van der Waals surface area contributed by atoms with Crippen LogP contribution in [0.3, 0.4) is 0 Å². The molecule has 28 heavy (non-hydrogen) atoms. The first-order valence-corrected chi connectivity index (χ1v) is 9.96. The number of methoxy groups -OCH3 is 2. The Bertz CT molecular complexity index is 956. The van der Waals surface area contributed by atoms with E-state index in [9.17, 15) is 4.79 Å². The van der Waals surface area contributed by atoms with Crippen molar-refractivity contribution >= 4 is 22.9 Å². The zero-order valence-corrected chi connectivity index (χ0v) is 17.0. The van der Waals surface area contributed by atoms with Gasteiger partial charge in [0.05, 0.1) is 30.5 Å². The van der Waals surface area contributed by atoms with E-state index in [0.29, 0.717) is 23.7 Å². The lowest BCUT2D eigenvalue weighted by atomic mass is 10.1. The van der Waals surface area contributed by atoms with Crippen LogP contribution in [-0.4, -0.2) is 30.1 Å². The molecule has 0 saturated heterocycles. The Kier molecular flexibility index (Phi) is 6.60. The average Bonchev–Trinajstić information content (AvgIpc) is 3.20. The fourth-order valence-corrected chi connectivity index (χ4v) is 3.49. The van der Waals surface area contributed by atoms with Gasteiger partial charge < -0.3 is 14.8 Å². The lowest BCUT2D eigenvalue weighted by Crippen LogP contribution is -2.10. The van der Waals surface area contributed by atoms with Crippen LogP contribution in [0.1, 0.15) is 26.2 Å². The number of nitrogens with one attached hydrogen (secondary N) is 1. The van der Waals surface area contributed by atoms with E-state index >= 15 is 0 Å². The number of rotatable bonds is 8. The van der Waals surface area contributed by atoms with E-state index < -0.39 is 0 Å². The summed E-state index contributed by atoms with van der Waals surface area (Å²) in [6.45, 7) is 2.07. The Morgan fingerprint density at radius 3 is 2.71 bits per heavy atom. The highest BCUT2D eigenvalue weighted by molar-refractivity contribution is 7.14. The van der Waals surface area contributed by atoms with E-state index in [1.54, 1.807) is 20.4 Å². The monoisotopic (exact) mass is 397 g/mol. The summed E-state index contributed by atoms with van der Waals surface area (Å²) in [6, 6.07) is 9.43. The van der Waals surface area contributed by atoms with Crippen LogP contribution in [0, 0.1) is 0 Å². The minimum Gasteiger partial charge on any atom is -0.493 e. The van der Waals surface area contributed by atoms with Gasteiger partial charge in [-0.2, -0.15) is 0 Å². The second kappa shape index (κ2) is 9.32. The van der Waals surface area contributed by atoms with E-state index in [2.05, 4.69) is 22.2 Å². The molecule has 0 atom stereocenters. The smallest absolute Gasteiger partial charge is 0.224 e. The van der Waals surface area contributed by atoms with Crippen molar-refractivity contribution in [3.05, 3.63) is 41.9 Å². The number of nitrogens with zero attached hydrogens (tertiary/aromatic N) is 2. The molecule has 0 fully saturated rings. The number of carbonyl (C=O) groups excluding carboxylic acids is 1. The van der Waals surface area contributed by atoms with Crippen LogP contribution in [0.2, 0.25) is 0 Å². The van der Waals surface area contributed by atoms with Gasteiger partial charge in [-0.05, 0) is 36.8 Å². The molecule has 2 heterocycles. The highest BCUT2D eigenvalue weighted by Crippen LogP contribution is 2.33. The summed E-state index contributed by atoms with van der Waals surface area (Å²) in [6.07, 6.45) is 4.15. The van der Waals surface area contributed by atoms with Crippen molar-refractivity contribution in [2.24, 2.45) is 0 Å². The van der Waals surface area contributed by atoms with Gasteiger partial charge in [0.15, 0.2) is 17.3 Å². The third-order valence-electron chi connectivity index (χ3n) is 4.20. The van der Waals surface area contributed by atoms with Crippen LogP contribution < -0.4 is 14.8 Å². The van der Waals surface area contributed by atoms with Crippen molar-refractivity contribution in [1.29, 1.82) is 0 Å². The molecule has 0 spiro atoms. The number of ether oxygens (including phenoxy) is 2. The number of aromatic nitrogens is 2. The highest BCUT2D eigenvalue weighted by Gasteiger charge is 2.11. The molecule has 2 aromatic heterocycles. The summed E-state index contributed by atoms with van der Waals surface area (Å²) in [5.41, 5.74) is 2.47. The molecule has 1 N–H and O–H groups in total. The standard InChI is InChI=1S/C21H23N3O3S/c1-4-5-6-20(25)23-15-12-19(28-13-15)21-22-10-9-16(24-21)14-7-8-17(26-2)18(11-14)27-3/h7-13H,4-6H2,1-3H3,(H,23,25). The van der Waals surface area contributed by atoms with Gasteiger partial charge in [0.1, 0.15) is 0 Å². The van der Waals surface area contributed by atoms with E-state index in [-0.39, 0.29) is 5.91 Å². The van der Waals surface area contributed by atoms with Crippen molar-refractivity contribution in [3.63, 3.8) is 0 Å². The van der Waals surface area contributed by atoms with Crippen molar-refractivity contribution in [1.82, 2.24) is 9.97 Å². The van der Waals surface area contributed by atoms with Crippen molar-refractivity contribution in [2.75, 3.05) is 19.5 Å².